The molecule has 2 rings (SSSR count). The topological polar surface area (TPSA) is 86.7 Å². The van der Waals surface area contributed by atoms with Crippen LogP contribution in [0.25, 0.3) is 0 Å². The first kappa shape index (κ1) is 17.4. The van der Waals surface area contributed by atoms with Gasteiger partial charge in [0.1, 0.15) is 0 Å². The number of carbonyl (C=O) groups is 1. The van der Waals surface area contributed by atoms with E-state index >= 15 is 0 Å². The molecule has 0 amide bonds. The van der Waals surface area contributed by atoms with Crippen molar-refractivity contribution in [2.45, 2.75) is 50.6 Å². The number of rotatable bonds is 11. The van der Waals surface area contributed by atoms with Crippen LogP contribution < -0.4 is 4.72 Å². The van der Waals surface area contributed by atoms with E-state index in [1.807, 2.05) is 4.90 Å². The molecule has 0 spiro atoms. The molecule has 0 aromatic rings. The summed E-state index contributed by atoms with van der Waals surface area (Å²) in [6.45, 7) is 4.47. The number of hydrogen-bond donors (Lipinski definition) is 2. The van der Waals surface area contributed by atoms with Crippen molar-refractivity contribution in [2.75, 3.05) is 18.8 Å². The Bertz CT molecular complexity index is 496. The van der Waals surface area contributed by atoms with Crippen LogP contribution in [0.5, 0.6) is 0 Å². The van der Waals surface area contributed by atoms with Crippen molar-refractivity contribution < 1.29 is 18.3 Å². The fourth-order valence-electron chi connectivity index (χ4n) is 2.86. The van der Waals surface area contributed by atoms with Crippen LogP contribution in [0, 0.1) is 5.92 Å². The van der Waals surface area contributed by atoms with Gasteiger partial charge in [-0.3, -0.25) is 9.69 Å². The van der Waals surface area contributed by atoms with Gasteiger partial charge in [-0.2, -0.15) is 0 Å². The van der Waals surface area contributed by atoms with Gasteiger partial charge in [0.2, 0.25) is 10.0 Å². The zero-order chi connectivity index (χ0) is 16.2. The van der Waals surface area contributed by atoms with Crippen LogP contribution in [0.2, 0.25) is 0 Å². The minimum atomic E-state index is -3.23. The summed E-state index contributed by atoms with van der Waals surface area (Å²) in [5.74, 6) is -0.0516. The van der Waals surface area contributed by atoms with Gasteiger partial charge in [-0.15, -0.1) is 6.58 Å². The number of hydrogen-bond acceptors (Lipinski definition) is 4. The number of carboxylic acids is 1. The average molecular weight is 330 g/mol. The summed E-state index contributed by atoms with van der Waals surface area (Å²) in [5, 5.41) is 9.00. The second kappa shape index (κ2) is 7.57. The molecule has 0 bridgehead atoms. The van der Waals surface area contributed by atoms with Crippen LogP contribution in [0.3, 0.4) is 0 Å². The zero-order valence-corrected chi connectivity index (χ0v) is 13.7. The summed E-state index contributed by atoms with van der Waals surface area (Å²) in [4.78, 5) is 13.0. The minimum absolute atomic E-state index is 0.0470. The molecule has 0 aromatic carbocycles. The van der Waals surface area contributed by atoms with Crippen LogP contribution in [0.1, 0.15) is 38.5 Å². The van der Waals surface area contributed by atoms with Crippen molar-refractivity contribution in [2.24, 2.45) is 5.92 Å². The average Bonchev–Trinajstić information content (AvgIpc) is 3.16. The molecule has 2 N–H and O–H groups in total. The SMILES string of the molecule is C=CCCCS(=O)(=O)NC1CC(N(CC(=O)O)CC2CC2)C1. The lowest BCUT2D eigenvalue weighted by molar-refractivity contribution is -0.139. The Morgan fingerprint density at radius 2 is 2.05 bits per heavy atom. The highest BCUT2D eigenvalue weighted by molar-refractivity contribution is 7.89. The summed E-state index contributed by atoms with van der Waals surface area (Å²) in [7, 11) is -3.23. The molecule has 126 valence electrons. The molecule has 22 heavy (non-hydrogen) atoms. The molecule has 0 saturated heterocycles. The maximum Gasteiger partial charge on any atom is 0.317 e. The van der Waals surface area contributed by atoms with Gasteiger partial charge in [0.05, 0.1) is 12.3 Å². The molecule has 2 aliphatic rings. The Kier molecular flexibility index (Phi) is 6.00. The molecular weight excluding hydrogens is 304 g/mol. The third-order valence-corrected chi connectivity index (χ3v) is 5.84. The predicted molar refractivity (Wildman–Crippen MR) is 85.1 cm³/mol. The monoisotopic (exact) mass is 330 g/mol. The van der Waals surface area contributed by atoms with Crippen LogP contribution in [0.4, 0.5) is 0 Å². The van der Waals surface area contributed by atoms with E-state index in [9.17, 15) is 13.2 Å². The highest BCUT2D eigenvalue weighted by Crippen LogP contribution is 2.33. The van der Waals surface area contributed by atoms with Crippen molar-refractivity contribution in [1.82, 2.24) is 9.62 Å². The van der Waals surface area contributed by atoms with E-state index in [0.717, 1.165) is 6.54 Å². The molecule has 0 aliphatic heterocycles. The molecule has 2 fully saturated rings. The fourth-order valence-corrected chi connectivity index (χ4v) is 4.23. The zero-order valence-electron chi connectivity index (χ0n) is 12.9. The normalized spacial score (nSPS) is 25.0. The van der Waals surface area contributed by atoms with Gasteiger partial charge < -0.3 is 5.11 Å². The Morgan fingerprint density at radius 1 is 1.36 bits per heavy atom. The van der Waals surface area contributed by atoms with Crippen molar-refractivity contribution in [3.8, 4) is 0 Å². The lowest BCUT2D eigenvalue weighted by atomic mass is 9.86. The highest BCUT2D eigenvalue weighted by atomic mass is 32.2. The maximum atomic E-state index is 11.9. The molecule has 0 aromatic heterocycles. The minimum Gasteiger partial charge on any atom is -0.480 e. The lowest BCUT2D eigenvalue weighted by Crippen LogP contribution is -2.55. The number of aliphatic carboxylic acids is 1. The maximum absolute atomic E-state index is 11.9. The third kappa shape index (κ3) is 5.70. The number of sulfonamides is 1. The first-order valence-electron chi connectivity index (χ1n) is 7.96. The van der Waals surface area contributed by atoms with Crippen LogP contribution in [-0.2, 0) is 14.8 Å². The second-order valence-corrected chi connectivity index (χ2v) is 8.33. The van der Waals surface area contributed by atoms with E-state index in [1.54, 1.807) is 6.08 Å². The molecule has 2 aliphatic carbocycles. The van der Waals surface area contributed by atoms with E-state index in [2.05, 4.69) is 11.3 Å². The lowest BCUT2D eigenvalue weighted by Gasteiger charge is -2.42. The van der Waals surface area contributed by atoms with Gasteiger partial charge in [0, 0.05) is 18.6 Å². The van der Waals surface area contributed by atoms with E-state index in [-0.39, 0.29) is 24.4 Å². The van der Waals surface area contributed by atoms with Crippen molar-refractivity contribution in [1.29, 1.82) is 0 Å². The smallest absolute Gasteiger partial charge is 0.317 e. The molecule has 0 unspecified atom stereocenters. The van der Waals surface area contributed by atoms with Crippen LogP contribution in [0.15, 0.2) is 12.7 Å². The predicted octanol–water partition coefficient (Wildman–Crippen LogP) is 1.20. The highest BCUT2D eigenvalue weighted by Gasteiger charge is 2.38. The van der Waals surface area contributed by atoms with Gasteiger partial charge in [-0.05, 0) is 44.4 Å². The molecule has 2 saturated carbocycles. The first-order valence-corrected chi connectivity index (χ1v) is 9.61. The molecule has 0 heterocycles. The Hall–Kier alpha value is -0.920. The second-order valence-electron chi connectivity index (χ2n) is 6.46. The van der Waals surface area contributed by atoms with Gasteiger partial charge in [0.15, 0.2) is 0 Å². The first-order chi connectivity index (χ1) is 10.4. The largest absolute Gasteiger partial charge is 0.480 e. The van der Waals surface area contributed by atoms with E-state index < -0.39 is 16.0 Å². The van der Waals surface area contributed by atoms with E-state index in [1.165, 1.54) is 12.8 Å². The molecular formula is C15H26N2O4S. The quantitative estimate of drug-likeness (QED) is 0.439. The van der Waals surface area contributed by atoms with E-state index in [4.69, 9.17) is 5.11 Å². The molecule has 7 heteroatoms. The summed E-state index contributed by atoms with van der Waals surface area (Å²) in [6, 6.07) is 0.145. The standard InChI is InChI=1S/C15H26N2O4S/c1-2-3-4-7-22(20,21)16-13-8-14(9-13)17(11-15(18)19)10-12-5-6-12/h2,12-14,16H,1,3-11H2,(H,18,19). The Balaban J connectivity index is 1.74. The number of carboxylic acid groups (broad SMARTS) is 1. The van der Waals surface area contributed by atoms with Gasteiger partial charge >= 0.3 is 5.97 Å². The van der Waals surface area contributed by atoms with Gasteiger partial charge in [0.25, 0.3) is 0 Å². The number of unbranched alkanes of at least 4 members (excludes halogenated alkanes) is 1. The number of nitrogens with one attached hydrogen (secondary N) is 1. The van der Waals surface area contributed by atoms with Crippen LogP contribution >= 0.6 is 0 Å². The summed E-state index contributed by atoms with van der Waals surface area (Å²) < 4.78 is 26.5. The number of nitrogens with zero attached hydrogens (tertiary/aromatic N) is 1. The van der Waals surface area contributed by atoms with Crippen molar-refractivity contribution in [3.63, 3.8) is 0 Å². The van der Waals surface area contributed by atoms with E-state index in [0.29, 0.717) is 31.6 Å². The van der Waals surface area contributed by atoms with Crippen LogP contribution in [-0.4, -0.2) is 55.3 Å². The van der Waals surface area contributed by atoms with Crippen molar-refractivity contribution in [3.05, 3.63) is 12.7 Å². The van der Waals surface area contributed by atoms with Crippen molar-refractivity contribution >= 4 is 16.0 Å². The van der Waals surface area contributed by atoms with Gasteiger partial charge in [-0.25, -0.2) is 13.1 Å². The summed E-state index contributed by atoms with van der Waals surface area (Å²) >= 11 is 0. The Labute approximate surface area is 132 Å². The summed E-state index contributed by atoms with van der Waals surface area (Å²) in [6.07, 6.45) is 6.78. The number of allylic oxidation sites excluding steroid dienone is 1. The Morgan fingerprint density at radius 3 is 2.59 bits per heavy atom. The van der Waals surface area contributed by atoms with Gasteiger partial charge in [-0.1, -0.05) is 6.08 Å². The molecule has 6 nitrogen and oxygen atoms in total. The third-order valence-electron chi connectivity index (χ3n) is 4.33. The molecule has 0 atom stereocenters. The molecule has 0 radical (unpaired) electrons. The summed E-state index contributed by atoms with van der Waals surface area (Å²) in [5.41, 5.74) is 0. The fraction of sp³-hybridized carbons (Fsp3) is 0.800.